The fraction of sp³-hybridized carbons (Fsp3) is 0. The van der Waals surface area contributed by atoms with Crippen molar-refractivity contribution in [2.75, 3.05) is 0 Å². The van der Waals surface area contributed by atoms with Gasteiger partial charge in [0.15, 0.2) is 0 Å². The summed E-state index contributed by atoms with van der Waals surface area (Å²) >= 11 is 6.53. The SMILES string of the molecule is O=[N+]([O-])c1cccc2nc(Br)cc(Br)c12. The molecule has 4 nitrogen and oxygen atoms in total. The Labute approximate surface area is 102 Å². The van der Waals surface area contributed by atoms with Crippen LogP contribution in [0.1, 0.15) is 0 Å². The van der Waals surface area contributed by atoms with Gasteiger partial charge in [-0.3, -0.25) is 10.1 Å². The van der Waals surface area contributed by atoms with E-state index in [2.05, 4.69) is 36.8 Å². The third kappa shape index (κ3) is 1.87. The standard InChI is InChI=1S/C9H4Br2N2O2/c10-5-4-8(11)12-6-2-1-3-7(9(5)6)13(14)15/h1-4H. The molecule has 2 aromatic rings. The number of nitro groups is 1. The molecule has 1 aromatic heterocycles. The fourth-order valence-electron chi connectivity index (χ4n) is 1.34. The van der Waals surface area contributed by atoms with Crippen molar-refractivity contribution in [3.63, 3.8) is 0 Å². The molecule has 0 aliphatic carbocycles. The largest absolute Gasteiger partial charge is 0.279 e. The Morgan fingerprint density at radius 2 is 2.07 bits per heavy atom. The molecule has 0 saturated carbocycles. The van der Waals surface area contributed by atoms with Crippen molar-refractivity contribution in [1.29, 1.82) is 0 Å². The number of hydrogen-bond acceptors (Lipinski definition) is 3. The third-order valence-electron chi connectivity index (χ3n) is 1.93. The van der Waals surface area contributed by atoms with Crippen LogP contribution < -0.4 is 0 Å². The highest BCUT2D eigenvalue weighted by atomic mass is 79.9. The van der Waals surface area contributed by atoms with Crippen LogP contribution in [-0.2, 0) is 0 Å². The van der Waals surface area contributed by atoms with Crippen LogP contribution >= 0.6 is 31.9 Å². The Morgan fingerprint density at radius 3 is 2.73 bits per heavy atom. The number of nitro benzene ring substituents is 1. The van der Waals surface area contributed by atoms with Gasteiger partial charge in [0.05, 0.1) is 15.8 Å². The second kappa shape index (κ2) is 3.86. The minimum atomic E-state index is -0.414. The van der Waals surface area contributed by atoms with Gasteiger partial charge < -0.3 is 0 Å². The molecule has 0 spiro atoms. The maximum absolute atomic E-state index is 10.8. The Balaban J connectivity index is 2.91. The highest BCUT2D eigenvalue weighted by Gasteiger charge is 2.15. The van der Waals surface area contributed by atoms with Crippen LogP contribution in [0.25, 0.3) is 10.9 Å². The average molecular weight is 332 g/mol. The van der Waals surface area contributed by atoms with E-state index in [0.29, 0.717) is 20.0 Å². The summed E-state index contributed by atoms with van der Waals surface area (Å²) in [5.74, 6) is 0. The molecule has 15 heavy (non-hydrogen) atoms. The zero-order valence-electron chi connectivity index (χ0n) is 7.28. The molecule has 0 aliphatic rings. The summed E-state index contributed by atoms with van der Waals surface area (Å²) in [4.78, 5) is 14.5. The first-order chi connectivity index (χ1) is 7.09. The number of fused-ring (bicyclic) bond motifs is 1. The highest BCUT2D eigenvalue weighted by molar-refractivity contribution is 9.11. The van der Waals surface area contributed by atoms with Crippen LogP contribution in [0.3, 0.4) is 0 Å². The Hall–Kier alpha value is -1.01. The topological polar surface area (TPSA) is 56.0 Å². The maximum Gasteiger partial charge on any atom is 0.279 e. The first-order valence-corrected chi connectivity index (χ1v) is 5.57. The smallest absolute Gasteiger partial charge is 0.258 e. The van der Waals surface area contributed by atoms with Gasteiger partial charge in [0.1, 0.15) is 4.60 Å². The number of nitrogens with zero attached hydrogens (tertiary/aromatic N) is 2. The van der Waals surface area contributed by atoms with Crippen molar-refractivity contribution < 1.29 is 4.92 Å². The van der Waals surface area contributed by atoms with Crippen LogP contribution in [0.5, 0.6) is 0 Å². The summed E-state index contributed by atoms with van der Waals surface area (Å²) in [5.41, 5.74) is 0.643. The van der Waals surface area contributed by atoms with E-state index in [1.165, 1.54) is 6.07 Å². The van der Waals surface area contributed by atoms with Crippen molar-refractivity contribution in [3.8, 4) is 0 Å². The molecule has 0 N–H and O–H groups in total. The predicted molar refractivity (Wildman–Crippen MR) is 63.8 cm³/mol. The van der Waals surface area contributed by atoms with Gasteiger partial charge in [-0.25, -0.2) is 4.98 Å². The van der Waals surface area contributed by atoms with Crippen molar-refractivity contribution in [3.05, 3.63) is 43.5 Å². The van der Waals surface area contributed by atoms with Crippen LogP contribution in [0.4, 0.5) is 5.69 Å². The molecule has 1 heterocycles. The molecule has 0 atom stereocenters. The zero-order chi connectivity index (χ0) is 11.0. The van der Waals surface area contributed by atoms with Crippen molar-refractivity contribution >= 4 is 48.5 Å². The fourth-order valence-corrected chi connectivity index (χ4v) is 2.69. The van der Waals surface area contributed by atoms with Crippen LogP contribution in [0.15, 0.2) is 33.3 Å². The quantitative estimate of drug-likeness (QED) is 0.455. The molecule has 0 fully saturated rings. The molecular formula is C9H4Br2N2O2. The van der Waals surface area contributed by atoms with Gasteiger partial charge in [-0.2, -0.15) is 0 Å². The summed E-state index contributed by atoms with van der Waals surface area (Å²) < 4.78 is 1.30. The Morgan fingerprint density at radius 1 is 1.33 bits per heavy atom. The number of aromatic nitrogens is 1. The van der Waals surface area contributed by atoms with Crippen LogP contribution in [-0.4, -0.2) is 9.91 Å². The number of halogens is 2. The lowest BCUT2D eigenvalue weighted by molar-refractivity contribution is -0.383. The molecule has 6 heteroatoms. The van der Waals surface area contributed by atoms with E-state index in [0.717, 1.165) is 0 Å². The molecule has 0 radical (unpaired) electrons. The Kier molecular flexibility index (Phi) is 2.70. The predicted octanol–water partition coefficient (Wildman–Crippen LogP) is 3.67. The molecule has 0 aliphatic heterocycles. The highest BCUT2D eigenvalue weighted by Crippen LogP contribution is 2.32. The summed E-state index contributed by atoms with van der Waals surface area (Å²) in [6.45, 7) is 0. The van der Waals surface area contributed by atoms with Gasteiger partial charge >= 0.3 is 0 Å². The van der Waals surface area contributed by atoms with Crippen LogP contribution in [0, 0.1) is 10.1 Å². The first-order valence-electron chi connectivity index (χ1n) is 3.99. The second-order valence-electron chi connectivity index (χ2n) is 2.86. The van der Waals surface area contributed by atoms with Gasteiger partial charge in [0, 0.05) is 10.5 Å². The summed E-state index contributed by atoms with van der Waals surface area (Å²) in [6.07, 6.45) is 0. The normalized spacial score (nSPS) is 10.5. The number of benzene rings is 1. The number of non-ortho nitro benzene ring substituents is 1. The molecule has 0 amide bonds. The molecule has 76 valence electrons. The summed E-state index contributed by atoms with van der Waals surface area (Å²) in [7, 11) is 0. The lowest BCUT2D eigenvalue weighted by Crippen LogP contribution is -1.91. The van der Waals surface area contributed by atoms with Crippen molar-refractivity contribution in [2.45, 2.75) is 0 Å². The lowest BCUT2D eigenvalue weighted by Gasteiger charge is -2.01. The molecule has 0 unspecified atom stereocenters. The average Bonchev–Trinajstić information content (AvgIpc) is 2.16. The van der Waals surface area contributed by atoms with Crippen molar-refractivity contribution in [2.24, 2.45) is 0 Å². The second-order valence-corrected chi connectivity index (χ2v) is 4.52. The van der Waals surface area contributed by atoms with Gasteiger partial charge in [-0.1, -0.05) is 6.07 Å². The van der Waals surface area contributed by atoms with E-state index in [1.807, 2.05) is 0 Å². The minimum absolute atomic E-state index is 0.0550. The molecule has 2 rings (SSSR count). The van der Waals surface area contributed by atoms with E-state index >= 15 is 0 Å². The number of pyridine rings is 1. The van der Waals surface area contributed by atoms with E-state index in [-0.39, 0.29) is 5.69 Å². The van der Waals surface area contributed by atoms with E-state index in [9.17, 15) is 10.1 Å². The van der Waals surface area contributed by atoms with E-state index in [1.54, 1.807) is 18.2 Å². The third-order valence-corrected chi connectivity index (χ3v) is 2.96. The maximum atomic E-state index is 10.8. The van der Waals surface area contributed by atoms with Gasteiger partial charge in [-0.05, 0) is 44.0 Å². The first kappa shape index (κ1) is 10.5. The molecule has 0 saturated heterocycles. The van der Waals surface area contributed by atoms with E-state index in [4.69, 9.17) is 0 Å². The zero-order valence-corrected chi connectivity index (χ0v) is 10.4. The molecular weight excluding hydrogens is 328 g/mol. The monoisotopic (exact) mass is 330 g/mol. The van der Waals surface area contributed by atoms with Gasteiger partial charge in [0.2, 0.25) is 0 Å². The van der Waals surface area contributed by atoms with Gasteiger partial charge in [0.25, 0.3) is 5.69 Å². The lowest BCUT2D eigenvalue weighted by atomic mass is 10.2. The summed E-state index contributed by atoms with van der Waals surface area (Å²) in [5, 5.41) is 11.3. The molecule has 1 aromatic carbocycles. The Bertz CT molecular complexity index is 557. The van der Waals surface area contributed by atoms with E-state index < -0.39 is 4.92 Å². The number of hydrogen-bond donors (Lipinski definition) is 0. The van der Waals surface area contributed by atoms with Crippen LogP contribution in [0.2, 0.25) is 0 Å². The molecule has 0 bridgehead atoms. The van der Waals surface area contributed by atoms with Gasteiger partial charge in [-0.15, -0.1) is 0 Å². The summed E-state index contributed by atoms with van der Waals surface area (Å²) in [6, 6.07) is 6.50. The number of rotatable bonds is 1. The van der Waals surface area contributed by atoms with Crippen molar-refractivity contribution in [1.82, 2.24) is 4.98 Å². The minimum Gasteiger partial charge on any atom is -0.258 e.